The van der Waals surface area contributed by atoms with Gasteiger partial charge in [-0.05, 0) is 45.7 Å². The van der Waals surface area contributed by atoms with E-state index in [-0.39, 0.29) is 0 Å². The van der Waals surface area contributed by atoms with Crippen molar-refractivity contribution in [2.24, 2.45) is 5.84 Å². The predicted octanol–water partition coefficient (Wildman–Crippen LogP) is 0.836. The summed E-state index contributed by atoms with van der Waals surface area (Å²) >= 11 is 4.85. The zero-order valence-corrected chi connectivity index (χ0v) is 10.7. The second kappa shape index (κ2) is 10.1. The van der Waals surface area contributed by atoms with Gasteiger partial charge in [0, 0.05) is 6.54 Å². The second-order valence-electron chi connectivity index (χ2n) is 3.97. The fraction of sp³-hybridized carbons (Fsp3) is 0.900. The Kier molecular flexibility index (Phi) is 9.88. The van der Waals surface area contributed by atoms with Gasteiger partial charge in [0.25, 0.3) is 0 Å². The van der Waals surface area contributed by atoms with Crippen molar-refractivity contribution in [2.75, 3.05) is 27.2 Å². The maximum atomic E-state index is 5.12. The summed E-state index contributed by atoms with van der Waals surface area (Å²) in [5, 5.41) is 3.56. The van der Waals surface area contributed by atoms with Crippen LogP contribution in [0.4, 0.5) is 0 Å². The summed E-state index contributed by atoms with van der Waals surface area (Å²) in [6, 6.07) is 0. The molecule has 0 saturated heterocycles. The molecule has 0 rings (SSSR count). The van der Waals surface area contributed by atoms with Crippen molar-refractivity contribution in [3.8, 4) is 0 Å². The lowest BCUT2D eigenvalue weighted by Crippen LogP contribution is -2.39. The van der Waals surface area contributed by atoms with E-state index in [0.29, 0.717) is 5.11 Å². The number of rotatable bonds is 8. The Morgan fingerprint density at radius 3 is 2.33 bits per heavy atom. The summed E-state index contributed by atoms with van der Waals surface area (Å²) in [6.45, 7) is 2.11. The van der Waals surface area contributed by atoms with E-state index in [1.807, 2.05) is 0 Å². The molecule has 0 aromatic rings. The molecule has 0 aromatic carbocycles. The molecule has 4 N–H and O–H groups in total. The van der Waals surface area contributed by atoms with Crippen LogP contribution in [0.3, 0.4) is 0 Å². The van der Waals surface area contributed by atoms with E-state index < -0.39 is 0 Å². The largest absolute Gasteiger partial charge is 0.362 e. The van der Waals surface area contributed by atoms with Gasteiger partial charge in [0.15, 0.2) is 5.11 Å². The Bertz CT molecular complexity index is 162. The molecule has 0 amide bonds. The van der Waals surface area contributed by atoms with E-state index in [2.05, 4.69) is 29.7 Å². The lowest BCUT2D eigenvalue weighted by atomic mass is 10.1. The Labute approximate surface area is 98.6 Å². The molecule has 90 valence electrons. The summed E-state index contributed by atoms with van der Waals surface area (Å²) in [5.41, 5.74) is 2.40. The Hall–Kier alpha value is -0.390. The highest BCUT2D eigenvalue weighted by molar-refractivity contribution is 7.80. The number of nitrogens with zero attached hydrogens (tertiary/aromatic N) is 1. The van der Waals surface area contributed by atoms with E-state index in [9.17, 15) is 0 Å². The average molecular weight is 232 g/mol. The van der Waals surface area contributed by atoms with Crippen molar-refractivity contribution in [3.05, 3.63) is 0 Å². The molecule has 0 saturated carbocycles. The van der Waals surface area contributed by atoms with Gasteiger partial charge in [-0.3, -0.25) is 0 Å². The molecule has 5 heteroatoms. The van der Waals surface area contributed by atoms with E-state index in [1.165, 1.54) is 32.2 Å². The number of nitrogens with one attached hydrogen (secondary N) is 2. The zero-order chi connectivity index (χ0) is 11.5. The minimum absolute atomic E-state index is 0.530. The summed E-state index contributed by atoms with van der Waals surface area (Å²) in [5.74, 6) is 5.12. The average Bonchev–Trinajstić information content (AvgIpc) is 2.21. The smallest absolute Gasteiger partial charge is 0.180 e. The topological polar surface area (TPSA) is 53.3 Å². The first kappa shape index (κ1) is 14.6. The number of hydrazine groups is 1. The fourth-order valence-corrected chi connectivity index (χ4v) is 1.44. The molecule has 0 spiro atoms. The molecular weight excluding hydrogens is 208 g/mol. The predicted molar refractivity (Wildman–Crippen MR) is 69.6 cm³/mol. The highest BCUT2D eigenvalue weighted by atomic mass is 32.1. The molecule has 0 aliphatic heterocycles. The second-order valence-corrected chi connectivity index (χ2v) is 4.38. The Morgan fingerprint density at radius 1 is 1.13 bits per heavy atom. The van der Waals surface area contributed by atoms with E-state index in [0.717, 1.165) is 13.0 Å². The lowest BCUT2D eigenvalue weighted by Gasteiger charge is -2.09. The SMILES string of the molecule is CN(C)CCCCCCCNC(=S)NN. The van der Waals surface area contributed by atoms with Crippen molar-refractivity contribution in [1.29, 1.82) is 0 Å². The van der Waals surface area contributed by atoms with Crippen LogP contribution in [0.15, 0.2) is 0 Å². The third kappa shape index (κ3) is 11.5. The van der Waals surface area contributed by atoms with Crippen LogP contribution in [0.5, 0.6) is 0 Å². The highest BCUT2D eigenvalue weighted by Crippen LogP contribution is 2.02. The molecule has 0 fully saturated rings. The summed E-state index contributed by atoms with van der Waals surface area (Å²) in [6.07, 6.45) is 6.33. The van der Waals surface area contributed by atoms with Gasteiger partial charge in [-0.15, -0.1) is 0 Å². The van der Waals surface area contributed by atoms with Crippen LogP contribution in [0, 0.1) is 0 Å². The first-order chi connectivity index (χ1) is 7.16. The Balaban J connectivity index is 3.02. The van der Waals surface area contributed by atoms with Gasteiger partial charge in [-0.1, -0.05) is 19.3 Å². The van der Waals surface area contributed by atoms with Gasteiger partial charge in [-0.2, -0.15) is 0 Å². The quantitative estimate of drug-likeness (QED) is 0.251. The molecule has 0 aromatic heterocycles. The third-order valence-electron chi connectivity index (χ3n) is 2.20. The summed E-state index contributed by atoms with van der Waals surface area (Å²) < 4.78 is 0. The maximum Gasteiger partial charge on any atom is 0.180 e. The summed E-state index contributed by atoms with van der Waals surface area (Å²) in [7, 11) is 4.23. The number of nitrogens with two attached hydrogens (primary N) is 1. The van der Waals surface area contributed by atoms with Gasteiger partial charge >= 0.3 is 0 Å². The first-order valence-electron chi connectivity index (χ1n) is 5.56. The zero-order valence-electron chi connectivity index (χ0n) is 9.88. The molecule has 0 atom stereocenters. The third-order valence-corrected chi connectivity index (χ3v) is 2.46. The van der Waals surface area contributed by atoms with Crippen molar-refractivity contribution < 1.29 is 0 Å². The van der Waals surface area contributed by atoms with Crippen LogP contribution in [0.2, 0.25) is 0 Å². The normalized spacial score (nSPS) is 10.4. The van der Waals surface area contributed by atoms with Gasteiger partial charge in [0.2, 0.25) is 0 Å². The van der Waals surface area contributed by atoms with E-state index >= 15 is 0 Å². The van der Waals surface area contributed by atoms with Gasteiger partial charge in [0.1, 0.15) is 0 Å². The van der Waals surface area contributed by atoms with Crippen LogP contribution in [0.25, 0.3) is 0 Å². The molecule has 0 radical (unpaired) electrons. The van der Waals surface area contributed by atoms with Crippen molar-refractivity contribution in [3.63, 3.8) is 0 Å². The molecule has 15 heavy (non-hydrogen) atoms. The molecule has 4 nitrogen and oxygen atoms in total. The summed E-state index contributed by atoms with van der Waals surface area (Å²) in [4.78, 5) is 2.23. The van der Waals surface area contributed by atoms with Crippen LogP contribution < -0.4 is 16.6 Å². The van der Waals surface area contributed by atoms with Crippen molar-refractivity contribution in [2.45, 2.75) is 32.1 Å². The molecule has 0 unspecified atom stereocenters. The molecule has 0 bridgehead atoms. The van der Waals surface area contributed by atoms with Crippen LogP contribution >= 0.6 is 12.2 Å². The van der Waals surface area contributed by atoms with Crippen molar-refractivity contribution in [1.82, 2.24) is 15.6 Å². The first-order valence-corrected chi connectivity index (χ1v) is 5.97. The van der Waals surface area contributed by atoms with Gasteiger partial charge in [0.05, 0.1) is 0 Å². The molecule has 0 heterocycles. The fourth-order valence-electron chi connectivity index (χ4n) is 1.34. The van der Waals surface area contributed by atoms with Crippen LogP contribution in [-0.2, 0) is 0 Å². The minimum Gasteiger partial charge on any atom is -0.362 e. The van der Waals surface area contributed by atoms with Crippen LogP contribution in [0.1, 0.15) is 32.1 Å². The van der Waals surface area contributed by atoms with Gasteiger partial charge < -0.3 is 15.6 Å². The lowest BCUT2D eigenvalue weighted by molar-refractivity contribution is 0.389. The number of thiocarbonyl (C=S) groups is 1. The minimum atomic E-state index is 0.530. The van der Waals surface area contributed by atoms with E-state index in [1.54, 1.807) is 0 Å². The standard InChI is InChI=1S/C10H24N4S/c1-14(2)9-7-5-3-4-6-8-12-10(15)13-11/h3-9,11H2,1-2H3,(H2,12,13,15). The van der Waals surface area contributed by atoms with Gasteiger partial charge in [-0.25, -0.2) is 5.84 Å². The molecular formula is C10H24N4S. The maximum absolute atomic E-state index is 5.12. The molecule has 0 aliphatic carbocycles. The monoisotopic (exact) mass is 232 g/mol. The Morgan fingerprint density at radius 2 is 1.73 bits per heavy atom. The number of hydrogen-bond donors (Lipinski definition) is 3. The highest BCUT2D eigenvalue weighted by Gasteiger charge is 1.93. The van der Waals surface area contributed by atoms with Crippen molar-refractivity contribution >= 4 is 17.3 Å². The number of hydrogen-bond acceptors (Lipinski definition) is 3. The van der Waals surface area contributed by atoms with E-state index in [4.69, 9.17) is 18.1 Å². The number of unbranched alkanes of at least 4 members (excludes halogenated alkanes) is 4. The van der Waals surface area contributed by atoms with Crippen LogP contribution in [-0.4, -0.2) is 37.2 Å². The molecule has 0 aliphatic rings.